The van der Waals surface area contributed by atoms with Gasteiger partial charge in [0.1, 0.15) is 17.5 Å². The highest BCUT2D eigenvalue weighted by Crippen LogP contribution is 2.30. The first-order valence-electron chi connectivity index (χ1n) is 5.70. The molecule has 1 aromatic carbocycles. The van der Waals surface area contributed by atoms with Crippen LogP contribution in [-0.2, 0) is 0 Å². The number of nitro groups is 1. The number of benzene rings is 1. The second kappa shape index (κ2) is 5.76. The first-order valence-corrected chi connectivity index (χ1v) is 6.08. The fraction of sp³-hybridized carbons (Fsp3) is 0.0769. The molecular formula is C13H9ClN2O5. The molecule has 0 amide bonds. The highest BCUT2D eigenvalue weighted by atomic mass is 35.5. The van der Waals surface area contributed by atoms with E-state index in [0.29, 0.717) is 5.02 Å². The normalized spacial score (nSPS) is 10.2. The number of hydrogen-bond donors (Lipinski definition) is 1. The Bertz CT molecular complexity index is 732. The topological polar surface area (TPSA) is 103 Å². The van der Waals surface area contributed by atoms with Gasteiger partial charge in [-0.25, -0.2) is 9.78 Å². The van der Waals surface area contributed by atoms with Crippen molar-refractivity contribution < 1.29 is 19.6 Å². The molecule has 21 heavy (non-hydrogen) atoms. The quantitative estimate of drug-likeness (QED) is 0.685. The molecule has 1 heterocycles. The van der Waals surface area contributed by atoms with E-state index in [4.69, 9.17) is 21.4 Å². The first-order chi connectivity index (χ1) is 9.88. The highest BCUT2D eigenvalue weighted by Gasteiger charge is 2.22. The van der Waals surface area contributed by atoms with Gasteiger partial charge in [0.2, 0.25) is 5.88 Å². The summed E-state index contributed by atoms with van der Waals surface area (Å²) >= 11 is 5.99. The molecule has 0 aliphatic heterocycles. The van der Waals surface area contributed by atoms with Crippen molar-refractivity contribution in [3.63, 3.8) is 0 Å². The molecule has 1 N–H and O–H groups in total. The summed E-state index contributed by atoms with van der Waals surface area (Å²) in [5, 5.41) is 20.0. The lowest BCUT2D eigenvalue weighted by Crippen LogP contribution is -2.04. The fourth-order valence-electron chi connectivity index (χ4n) is 1.60. The highest BCUT2D eigenvalue weighted by molar-refractivity contribution is 6.32. The number of aryl methyl sites for hydroxylation is 1. The van der Waals surface area contributed by atoms with Crippen molar-refractivity contribution in [1.29, 1.82) is 0 Å². The van der Waals surface area contributed by atoms with Gasteiger partial charge in [-0.1, -0.05) is 17.7 Å². The van der Waals surface area contributed by atoms with Crippen molar-refractivity contribution in [2.45, 2.75) is 6.92 Å². The number of nitrogens with zero attached hydrogens (tertiary/aromatic N) is 2. The molecule has 0 aliphatic carbocycles. The molecule has 2 rings (SSSR count). The van der Waals surface area contributed by atoms with E-state index in [2.05, 4.69) is 4.98 Å². The zero-order valence-electron chi connectivity index (χ0n) is 10.7. The Labute approximate surface area is 123 Å². The minimum Gasteiger partial charge on any atom is -0.477 e. The van der Waals surface area contributed by atoms with Crippen LogP contribution in [0.15, 0.2) is 30.5 Å². The molecule has 1 aromatic heterocycles. The standard InChI is InChI=1S/C13H9ClN2O5/c1-7-2-3-11(9(14)4-7)21-12-5-8(13(17)18)10(6-15-12)16(19)20/h2-6H,1H3,(H,17,18). The molecule has 0 saturated heterocycles. The molecule has 0 spiro atoms. The van der Waals surface area contributed by atoms with Gasteiger partial charge in [-0.05, 0) is 24.6 Å². The lowest BCUT2D eigenvalue weighted by molar-refractivity contribution is -0.385. The van der Waals surface area contributed by atoms with Gasteiger partial charge in [0.15, 0.2) is 0 Å². The Morgan fingerprint density at radius 3 is 2.71 bits per heavy atom. The van der Waals surface area contributed by atoms with E-state index in [1.54, 1.807) is 18.2 Å². The lowest BCUT2D eigenvalue weighted by Gasteiger charge is -2.08. The predicted octanol–water partition coefficient (Wildman–Crippen LogP) is 3.44. The summed E-state index contributed by atoms with van der Waals surface area (Å²) in [6, 6.07) is 6.00. The summed E-state index contributed by atoms with van der Waals surface area (Å²) in [5.74, 6) is -1.26. The molecule has 0 atom stereocenters. The number of carbonyl (C=O) groups is 1. The second-order valence-corrected chi connectivity index (χ2v) is 4.55. The summed E-state index contributed by atoms with van der Waals surface area (Å²) in [6.45, 7) is 1.85. The molecule has 0 bridgehead atoms. The number of aromatic carboxylic acids is 1. The van der Waals surface area contributed by atoms with Crippen molar-refractivity contribution in [2.75, 3.05) is 0 Å². The van der Waals surface area contributed by atoms with Crippen LogP contribution < -0.4 is 4.74 Å². The van der Waals surface area contributed by atoms with Crippen molar-refractivity contribution in [2.24, 2.45) is 0 Å². The summed E-state index contributed by atoms with van der Waals surface area (Å²) in [4.78, 5) is 24.7. The summed E-state index contributed by atoms with van der Waals surface area (Å²) in [6.07, 6.45) is 0.834. The van der Waals surface area contributed by atoms with Crippen LogP contribution in [0.25, 0.3) is 0 Å². The van der Waals surface area contributed by atoms with Crippen LogP contribution in [0.1, 0.15) is 15.9 Å². The lowest BCUT2D eigenvalue weighted by atomic mass is 10.2. The van der Waals surface area contributed by atoms with Crippen molar-refractivity contribution in [3.05, 3.63) is 56.7 Å². The maximum atomic E-state index is 11.0. The minimum atomic E-state index is -1.44. The first kappa shape index (κ1) is 14.7. The zero-order valence-corrected chi connectivity index (χ0v) is 11.5. The van der Waals surface area contributed by atoms with E-state index < -0.39 is 22.1 Å². The Hall–Kier alpha value is -2.67. The minimum absolute atomic E-state index is 0.0937. The maximum Gasteiger partial charge on any atom is 0.342 e. The largest absolute Gasteiger partial charge is 0.477 e. The monoisotopic (exact) mass is 308 g/mol. The Balaban J connectivity index is 2.39. The van der Waals surface area contributed by atoms with Crippen LogP contribution in [0.4, 0.5) is 5.69 Å². The molecule has 2 aromatic rings. The SMILES string of the molecule is Cc1ccc(Oc2cc(C(=O)O)c([N+](=O)[O-])cn2)c(Cl)c1. The average Bonchev–Trinajstić information content (AvgIpc) is 2.41. The molecule has 0 fully saturated rings. The van der Waals surface area contributed by atoms with E-state index >= 15 is 0 Å². The summed E-state index contributed by atoms with van der Waals surface area (Å²) < 4.78 is 5.36. The van der Waals surface area contributed by atoms with Gasteiger partial charge in [-0.3, -0.25) is 10.1 Å². The van der Waals surface area contributed by atoms with Gasteiger partial charge in [0.25, 0.3) is 0 Å². The third-order valence-electron chi connectivity index (χ3n) is 2.59. The van der Waals surface area contributed by atoms with Crippen LogP contribution in [0, 0.1) is 17.0 Å². The van der Waals surface area contributed by atoms with Gasteiger partial charge in [-0.15, -0.1) is 0 Å². The van der Waals surface area contributed by atoms with Gasteiger partial charge in [0.05, 0.1) is 9.95 Å². The predicted molar refractivity (Wildman–Crippen MR) is 74.1 cm³/mol. The third-order valence-corrected chi connectivity index (χ3v) is 2.88. The number of rotatable bonds is 4. The summed E-state index contributed by atoms with van der Waals surface area (Å²) in [7, 11) is 0. The smallest absolute Gasteiger partial charge is 0.342 e. The fourth-order valence-corrected chi connectivity index (χ4v) is 1.88. The van der Waals surface area contributed by atoms with E-state index in [9.17, 15) is 14.9 Å². The van der Waals surface area contributed by atoms with E-state index in [1.165, 1.54) is 0 Å². The number of halogens is 1. The molecule has 0 saturated carbocycles. The second-order valence-electron chi connectivity index (χ2n) is 4.14. The number of carboxylic acids is 1. The van der Waals surface area contributed by atoms with E-state index in [0.717, 1.165) is 17.8 Å². The van der Waals surface area contributed by atoms with E-state index in [1.807, 2.05) is 6.92 Å². The number of ether oxygens (including phenoxy) is 1. The van der Waals surface area contributed by atoms with Crippen molar-refractivity contribution in [3.8, 4) is 11.6 Å². The van der Waals surface area contributed by atoms with Crippen LogP contribution in [0.2, 0.25) is 5.02 Å². The molecule has 8 heteroatoms. The van der Waals surface area contributed by atoms with Crippen LogP contribution >= 0.6 is 11.6 Å². The molecular weight excluding hydrogens is 300 g/mol. The van der Waals surface area contributed by atoms with Crippen LogP contribution in [-0.4, -0.2) is 21.0 Å². The molecule has 0 unspecified atom stereocenters. The Morgan fingerprint density at radius 1 is 1.43 bits per heavy atom. The summed E-state index contributed by atoms with van der Waals surface area (Å²) in [5.41, 5.74) is -0.187. The van der Waals surface area contributed by atoms with Gasteiger partial charge in [0, 0.05) is 6.07 Å². The van der Waals surface area contributed by atoms with Crippen LogP contribution in [0.5, 0.6) is 11.6 Å². The number of hydrogen-bond acceptors (Lipinski definition) is 5. The van der Waals surface area contributed by atoms with Crippen LogP contribution in [0.3, 0.4) is 0 Å². The Morgan fingerprint density at radius 2 is 2.14 bits per heavy atom. The third kappa shape index (κ3) is 3.26. The molecule has 0 radical (unpaired) electrons. The van der Waals surface area contributed by atoms with Gasteiger partial charge < -0.3 is 9.84 Å². The van der Waals surface area contributed by atoms with Gasteiger partial charge >= 0.3 is 11.7 Å². The zero-order chi connectivity index (χ0) is 15.6. The van der Waals surface area contributed by atoms with Gasteiger partial charge in [-0.2, -0.15) is 0 Å². The number of pyridine rings is 1. The van der Waals surface area contributed by atoms with Crippen molar-refractivity contribution >= 4 is 23.3 Å². The maximum absolute atomic E-state index is 11.0. The number of aromatic nitrogens is 1. The molecule has 108 valence electrons. The average molecular weight is 309 g/mol. The Kier molecular flexibility index (Phi) is 4.04. The van der Waals surface area contributed by atoms with E-state index in [-0.39, 0.29) is 11.6 Å². The number of carboxylic acid groups (broad SMARTS) is 1. The molecule has 7 nitrogen and oxygen atoms in total. The van der Waals surface area contributed by atoms with Crippen molar-refractivity contribution in [1.82, 2.24) is 4.98 Å². The molecule has 0 aliphatic rings.